The van der Waals surface area contributed by atoms with Gasteiger partial charge in [0.15, 0.2) is 5.96 Å². The number of rotatable bonds is 11. The maximum absolute atomic E-state index is 5.30. The third kappa shape index (κ3) is 8.86. The Hall–Kier alpha value is -0.900. The van der Waals surface area contributed by atoms with Crippen molar-refractivity contribution in [3.05, 3.63) is 35.9 Å². The van der Waals surface area contributed by atoms with Crippen molar-refractivity contribution in [2.75, 3.05) is 66.6 Å². The van der Waals surface area contributed by atoms with Crippen LogP contribution in [0.3, 0.4) is 0 Å². The average molecular weight is 544 g/mol. The molecule has 2 N–H and O–H groups in total. The summed E-state index contributed by atoms with van der Waals surface area (Å²) in [5, 5.41) is 7.05. The molecule has 31 heavy (non-hydrogen) atoms. The minimum absolute atomic E-state index is 0. The summed E-state index contributed by atoms with van der Waals surface area (Å²) in [6, 6.07) is 10.8. The first-order chi connectivity index (χ1) is 14.7. The van der Waals surface area contributed by atoms with Crippen molar-refractivity contribution >= 4 is 29.9 Å². The van der Waals surface area contributed by atoms with Gasteiger partial charge in [-0.2, -0.15) is 0 Å². The van der Waals surface area contributed by atoms with E-state index in [1.54, 1.807) is 7.11 Å². The van der Waals surface area contributed by atoms with Crippen molar-refractivity contribution in [1.29, 1.82) is 0 Å². The lowest BCUT2D eigenvalue weighted by atomic mass is 9.67. The Kier molecular flexibility index (Phi) is 12.1. The van der Waals surface area contributed by atoms with Crippen LogP contribution < -0.4 is 10.6 Å². The van der Waals surface area contributed by atoms with Gasteiger partial charge in [0.1, 0.15) is 0 Å². The van der Waals surface area contributed by atoms with Gasteiger partial charge in [-0.1, -0.05) is 36.8 Å². The second kappa shape index (κ2) is 14.3. The normalized spacial score (nSPS) is 19.4. The largest absolute Gasteiger partial charge is 0.385 e. The molecule has 0 atom stereocenters. The summed E-state index contributed by atoms with van der Waals surface area (Å²) in [6.07, 6.45) is 6.24. The van der Waals surface area contributed by atoms with Gasteiger partial charge in [-0.3, -0.25) is 9.89 Å². The maximum Gasteiger partial charge on any atom is 0.190 e. The fourth-order valence-corrected chi connectivity index (χ4v) is 4.52. The minimum atomic E-state index is 0. The number of ether oxygens (including phenoxy) is 1. The van der Waals surface area contributed by atoms with Gasteiger partial charge in [0.05, 0.1) is 0 Å². The molecular formula is C24H42IN5O. The molecule has 1 aromatic carbocycles. The molecular weight excluding hydrogens is 501 g/mol. The first kappa shape index (κ1) is 26.4. The number of hydrogen-bond donors (Lipinski definition) is 2. The van der Waals surface area contributed by atoms with E-state index >= 15 is 0 Å². The molecule has 0 bridgehead atoms. The van der Waals surface area contributed by atoms with Crippen molar-refractivity contribution < 1.29 is 4.74 Å². The molecule has 2 aliphatic rings. The molecule has 0 spiro atoms. The number of hydrogen-bond acceptors (Lipinski definition) is 4. The van der Waals surface area contributed by atoms with Gasteiger partial charge in [0, 0.05) is 66.6 Å². The molecule has 0 aromatic heterocycles. The third-order valence-electron chi connectivity index (χ3n) is 6.76. The predicted octanol–water partition coefficient (Wildman–Crippen LogP) is 3.18. The van der Waals surface area contributed by atoms with E-state index in [4.69, 9.17) is 4.74 Å². The quantitative estimate of drug-likeness (QED) is 0.195. The van der Waals surface area contributed by atoms with Gasteiger partial charge < -0.3 is 20.3 Å². The number of nitrogens with one attached hydrogen (secondary N) is 2. The highest BCUT2D eigenvalue weighted by atomic mass is 127. The van der Waals surface area contributed by atoms with Crippen molar-refractivity contribution in [3.63, 3.8) is 0 Å². The van der Waals surface area contributed by atoms with Crippen LogP contribution in [0.2, 0.25) is 0 Å². The smallest absolute Gasteiger partial charge is 0.190 e. The third-order valence-corrected chi connectivity index (χ3v) is 6.76. The molecule has 6 nitrogen and oxygen atoms in total. The van der Waals surface area contributed by atoms with Crippen LogP contribution in [-0.2, 0) is 11.3 Å². The zero-order valence-corrected chi connectivity index (χ0v) is 21.8. The van der Waals surface area contributed by atoms with Crippen molar-refractivity contribution in [1.82, 2.24) is 20.4 Å². The monoisotopic (exact) mass is 543 g/mol. The highest BCUT2D eigenvalue weighted by molar-refractivity contribution is 14.0. The standard InChI is InChI=1S/C24H41N5O.HI/c1-25-23(27-21-24(10-6-11-24)12-19-30-2)26-13-7-14-28-15-17-29(18-16-28)20-22-8-4-3-5-9-22;/h3-5,8-9H,6-7,10-21H2,1-2H3,(H2,25,26,27);1H. The predicted molar refractivity (Wildman–Crippen MR) is 140 cm³/mol. The second-order valence-corrected chi connectivity index (χ2v) is 8.91. The number of halogens is 1. The van der Waals surface area contributed by atoms with Gasteiger partial charge in [0.2, 0.25) is 0 Å². The molecule has 1 aliphatic carbocycles. The molecule has 0 amide bonds. The molecule has 0 unspecified atom stereocenters. The molecule has 176 valence electrons. The number of guanidine groups is 1. The highest BCUT2D eigenvalue weighted by Crippen LogP contribution is 2.43. The number of nitrogens with zero attached hydrogens (tertiary/aromatic N) is 3. The first-order valence-electron chi connectivity index (χ1n) is 11.7. The van der Waals surface area contributed by atoms with Gasteiger partial charge >= 0.3 is 0 Å². The summed E-state index contributed by atoms with van der Waals surface area (Å²) in [5.74, 6) is 0.936. The molecule has 2 fully saturated rings. The van der Waals surface area contributed by atoms with E-state index in [1.807, 2.05) is 7.05 Å². The van der Waals surface area contributed by atoms with Crippen LogP contribution in [0.5, 0.6) is 0 Å². The molecule has 1 saturated heterocycles. The van der Waals surface area contributed by atoms with E-state index in [0.29, 0.717) is 5.41 Å². The van der Waals surface area contributed by atoms with E-state index in [0.717, 1.165) is 64.7 Å². The summed E-state index contributed by atoms with van der Waals surface area (Å²) >= 11 is 0. The SMILES string of the molecule is CN=C(NCCCN1CCN(Cc2ccccc2)CC1)NCC1(CCOC)CCC1.I. The molecule has 1 saturated carbocycles. The lowest BCUT2D eigenvalue weighted by Crippen LogP contribution is -2.48. The number of benzene rings is 1. The second-order valence-electron chi connectivity index (χ2n) is 8.91. The highest BCUT2D eigenvalue weighted by Gasteiger charge is 2.36. The van der Waals surface area contributed by atoms with Crippen LogP contribution in [0.15, 0.2) is 35.3 Å². The number of aliphatic imine (C=N–C) groups is 1. The number of methoxy groups -OCH3 is 1. The molecule has 7 heteroatoms. The van der Waals surface area contributed by atoms with Gasteiger partial charge in [-0.25, -0.2) is 0 Å². The Bertz CT molecular complexity index is 630. The topological polar surface area (TPSA) is 52.1 Å². The summed E-state index contributed by atoms with van der Waals surface area (Å²) in [7, 11) is 3.66. The number of piperazine rings is 1. The van der Waals surface area contributed by atoms with E-state index in [1.165, 1.54) is 37.9 Å². The van der Waals surface area contributed by atoms with Crippen molar-refractivity contribution in [3.8, 4) is 0 Å². The Morgan fingerprint density at radius 2 is 1.77 bits per heavy atom. The van der Waals surface area contributed by atoms with Crippen LogP contribution in [0.4, 0.5) is 0 Å². The van der Waals surface area contributed by atoms with Gasteiger partial charge in [-0.05, 0) is 43.2 Å². The minimum Gasteiger partial charge on any atom is -0.385 e. The molecule has 1 aromatic rings. The summed E-state index contributed by atoms with van der Waals surface area (Å²) < 4.78 is 5.30. The maximum atomic E-state index is 5.30. The zero-order chi connectivity index (χ0) is 21.1. The zero-order valence-electron chi connectivity index (χ0n) is 19.4. The summed E-state index contributed by atoms with van der Waals surface area (Å²) in [6.45, 7) is 9.71. The van der Waals surface area contributed by atoms with E-state index in [9.17, 15) is 0 Å². The van der Waals surface area contributed by atoms with Crippen LogP contribution in [0, 0.1) is 5.41 Å². The van der Waals surface area contributed by atoms with Crippen LogP contribution in [-0.4, -0.2) is 82.3 Å². The Morgan fingerprint density at radius 1 is 1.06 bits per heavy atom. The molecule has 0 radical (unpaired) electrons. The Labute approximate surface area is 206 Å². The van der Waals surface area contributed by atoms with Gasteiger partial charge in [-0.15, -0.1) is 24.0 Å². The molecule has 1 aliphatic heterocycles. The Balaban J connectivity index is 0.00000341. The lowest BCUT2D eigenvalue weighted by molar-refractivity contribution is 0.0732. The molecule has 1 heterocycles. The van der Waals surface area contributed by atoms with Crippen LogP contribution in [0.25, 0.3) is 0 Å². The van der Waals surface area contributed by atoms with Crippen LogP contribution >= 0.6 is 24.0 Å². The summed E-state index contributed by atoms with van der Waals surface area (Å²) in [4.78, 5) is 9.56. The van der Waals surface area contributed by atoms with E-state index in [2.05, 4.69) is 55.8 Å². The average Bonchev–Trinajstić information content (AvgIpc) is 2.76. The lowest BCUT2D eigenvalue weighted by Gasteiger charge is -2.42. The molecule has 3 rings (SSSR count). The van der Waals surface area contributed by atoms with Crippen molar-refractivity contribution in [2.24, 2.45) is 10.4 Å². The van der Waals surface area contributed by atoms with E-state index < -0.39 is 0 Å². The Morgan fingerprint density at radius 3 is 2.39 bits per heavy atom. The van der Waals surface area contributed by atoms with Gasteiger partial charge in [0.25, 0.3) is 0 Å². The summed E-state index contributed by atoms with van der Waals surface area (Å²) in [5.41, 5.74) is 1.83. The fraction of sp³-hybridized carbons (Fsp3) is 0.708. The first-order valence-corrected chi connectivity index (χ1v) is 11.7. The van der Waals surface area contributed by atoms with E-state index in [-0.39, 0.29) is 24.0 Å². The fourth-order valence-electron chi connectivity index (χ4n) is 4.52. The van der Waals surface area contributed by atoms with Crippen LogP contribution in [0.1, 0.15) is 37.7 Å². The van der Waals surface area contributed by atoms with Crippen molar-refractivity contribution in [2.45, 2.75) is 38.6 Å².